The Kier molecular flexibility index (Phi) is 3.44. The number of nitrogens with zero attached hydrogens (tertiary/aromatic N) is 2. The SMILES string of the molecule is Cc1cc2c(n1-c1ccc(Br)cc1)CC(C)(C)C/C2=N\O. The highest BCUT2D eigenvalue weighted by Gasteiger charge is 2.33. The molecule has 1 aromatic carbocycles. The van der Waals surface area contributed by atoms with Crippen LogP contribution in [0.1, 0.15) is 37.2 Å². The van der Waals surface area contributed by atoms with Crippen LogP contribution in [0.25, 0.3) is 5.69 Å². The Hall–Kier alpha value is -1.55. The summed E-state index contributed by atoms with van der Waals surface area (Å²) in [6, 6.07) is 10.4. The van der Waals surface area contributed by atoms with Crippen molar-refractivity contribution in [2.24, 2.45) is 10.6 Å². The zero-order chi connectivity index (χ0) is 15.2. The minimum atomic E-state index is 0.104. The third kappa shape index (κ3) is 2.53. The van der Waals surface area contributed by atoms with Gasteiger partial charge in [0.25, 0.3) is 0 Å². The number of benzene rings is 1. The van der Waals surface area contributed by atoms with E-state index in [-0.39, 0.29) is 5.41 Å². The number of hydrogen-bond acceptors (Lipinski definition) is 2. The van der Waals surface area contributed by atoms with Gasteiger partial charge in [0, 0.05) is 27.1 Å². The first-order chi connectivity index (χ1) is 9.91. The van der Waals surface area contributed by atoms with Gasteiger partial charge in [0.1, 0.15) is 0 Å². The lowest BCUT2D eigenvalue weighted by molar-refractivity contribution is 0.305. The molecule has 1 aliphatic carbocycles. The molecule has 0 radical (unpaired) electrons. The lowest BCUT2D eigenvalue weighted by Gasteiger charge is -2.31. The summed E-state index contributed by atoms with van der Waals surface area (Å²) in [6.45, 7) is 6.53. The molecule has 0 spiro atoms. The molecule has 0 amide bonds. The smallest absolute Gasteiger partial charge is 0.0891 e. The Morgan fingerprint density at radius 1 is 1.19 bits per heavy atom. The Labute approximate surface area is 133 Å². The molecule has 0 saturated carbocycles. The fraction of sp³-hybridized carbons (Fsp3) is 0.353. The van der Waals surface area contributed by atoms with E-state index in [9.17, 15) is 5.21 Å². The summed E-state index contributed by atoms with van der Waals surface area (Å²) in [4.78, 5) is 0. The summed E-state index contributed by atoms with van der Waals surface area (Å²) >= 11 is 3.48. The van der Waals surface area contributed by atoms with Crippen molar-refractivity contribution in [2.45, 2.75) is 33.6 Å². The maximum absolute atomic E-state index is 9.35. The van der Waals surface area contributed by atoms with Crippen molar-refractivity contribution in [1.82, 2.24) is 4.57 Å². The number of aryl methyl sites for hydroxylation is 1. The molecule has 3 rings (SSSR count). The molecule has 1 aliphatic rings. The van der Waals surface area contributed by atoms with E-state index >= 15 is 0 Å². The molecule has 2 aromatic rings. The van der Waals surface area contributed by atoms with Crippen molar-refractivity contribution >= 4 is 21.6 Å². The summed E-state index contributed by atoms with van der Waals surface area (Å²) in [5.41, 5.74) is 5.52. The van der Waals surface area contributed by atoms with Crippen LogP contribution < -0.4 is 0 Å². The quantitative estimate of drug-likeness (QED) is 0.589. The Bertz CT molecular complexity index is 711. The average molecular weight is 347 g/mol. The third-order valence-corrected chi connectivity index (χ3v) is 4.62. The maximum Gasteiger partial charge on any atom is 0.0891 e. The van der Waals surface area contributed by atoms with Crippen LogP contribution in [-0.4, -0.2) is 15.5 Å². The highest BCUT2D eigenvalue weighted by Crippen LogP contribution is 2.37. The van der Waals surface area contributed by atoms with Gasteiger partial charge in [-0.1, -0.05) is 34.9 Å². The van der Waals surface area contributed by atoms with Crippen molar-refractivity contribution in [1.29, 1.82) is 0 Å². The second-order valence-corrected chi connectivity index (χ2v) is 7.44. The van der Waals surface area contributed by atoms with Gasteiger partial charge in [-0.3, -0.25) is 0 Å². The van der Waals surface area contributed by atoms with Crippen LogP contribution in [0.2, 0.25) is 0 Å². The van der Waals surface area contributed by atoms with Crippen molar-refractivity contribution in [3.63, 3.8) is 0 Å². The first kappa shape index (κ1) is 14.4. The number of rotatable bonds is 1. The van der Waals surface area contributed by atoms with Crippen molar-refractivity contribution in [2.75, 3.05) is 0 Å². The van der Waals surface area contributed by atoms with E-state index in [1.165, 1.54) is 11.4 Å². The molecule has 0 atom stereocenters. The Morgan fingerprint density at radius 2 is 1.86 bits per heavy atom. The van der Waals surface area contributed by atoms with E-state index in [0.717, 1.165) is 34.3 Å². The summed E-state index contributed by atoms with van der Waals surface area (Å²) in [5, 5.41) is 12.9. The lowest BCUT2D eigenvalue weighted by Crippen LogP contribution is -2.28. The van der Waals surface area contributed by atoms with E-state index in [1.54, 1.807) is 0 Å². The van der Waals surface area contributed by atoms with Gasteiger partial charge >= 0.3 is 0 Å². The molecule has 0 bridgehead atoms. The lowest BCUT2D eigenvalue weighted by atomic mass is 9.76. The highest BCUT2D eigenvalue weighted by molar-refractivity contribution is 9.10. The molecular weight excluding hydrogens is 328 g/mol. The van der Waals surface area contributed by atoms with E-state index < -0.39 is 0 Å². The van der Waals surface area contributed by atoms with Gasteiger partial charge in [-0.2, -0.15) is 0 Å². The summed E-state index contributed by atoms with van der Waals surface area (Å²) in [5.74, 6) is 0. The fourth-order valence-corrected chi connectivity index (χ4v) is 3.48. The number of aromatic nitrogens is 1. The predicted molar refractivity (Wildman–Crippen MR) is 88.6 cm³/mol. The Balaban J connectivity index is 2.20. The van der Waals surface area contributed by atoms with Gasteiger partial charge in [-0.15, -0.1) is 0 Å². The Morgan fingerprint density at radius 3 is 2.48 bits per heavy atom. The van der Waals surface area contributed by atoms with Crippen LogP contribution in [-0.2, 0) is 6.42 Å². The zero-order valence-corrected chi connectivity index (χ0v) is 14.1. The first-order valence-electron chi connectivity index (χ1n) is 7.10. The molecule has 1 N–H and O–H groups in total. The van der Waals surface area contributed by atoms with Crippen LogP contribution in [0, 0.1) is 12.3 Å². The zero-order valence-electron chi connectivity index (χ0n) is 12.5. The molecule has 0 saturated heterocycles. The molecule has 1 heterocycles. The van der Waals surface area contributed by atoms with Gasteiger partial charge in [0.2, 0.25) is 0 Å². The van der Waals surface area contributed by atoms with Crippen LogP contribution in [0.4, 0.5) is 0 Å². The van der Waals surface area contributed by atoms with Gasteiger partial charge in [-0.25, -0.2) is 0 Å². The number of halogens is 1. The molecule has 110 valence electrons. The van der Waals surface area contributed by atoms with Gasteiger partial charge in [-0.05, 0) is 55.5 Å². The molecule has 1 aromatic heterocycles. The minimum absolute atomic E-state index is 0.104. The maximum atomic E-state index is 9.35. The first-order valence-corrected chi connectivity index (χ1v) is 7.89. The molecule has 0 aliphatic heterocycles. The van der Waals surface area contributed by atoms with Gasteiger partial charge in [0.05, 0.1) is 5.71 Å². The third-order valence-electron chi connectivity index (χ3n) is 4.10. The van der Waals surface area contributed by atoms with E-state index in [2.05, 4.69) is 76.8 Å². The van der Waals surface area contributed by atoms with Crippen molar-refractivity contribution < 1.29 is 5.21 Å². The van der Waals surface area contributed by atoms with Crippen LogP contribution in [0.15, 0.2) is 40.0 Å². The topological polar surface area (TPSA) is 37.5 Å². The average Bonchev–Trinajstić information content (AvgIpc) is 2.74. The molecule has 0 fully saturated rings. The molecule has 4 heteroatoms. The number of hydrogen-bond donors (Lipinski definition) is 1. The van der Waals surface area contributed by atoms with E-state index in [4.69, 9.17) is 0 Å². The van der Waals surface area contributed by atoms with Gasteiger partial charge < -0.3 is 9.77 Å². The van der Waals surface area contributed by atoms with Crippen molar-refractivity contribution in [3.8, 4) is 5.69 Å². The monoisotopic (exact) mass is 346 g/mol. The molecule has 0 unspecified atom stereocenters. The summed E-state index contributed by atoms with van der Waals surface area (Å²) in [6.07, 6.45) is 1.78. The van der Waals surface area contributed by atoms with Crippen LogP contribution in [0.5, 0.6) is 0 Å². The van der Waals surface area contributed by atoms with Crippen molar-refractivity contribution in [3.05, 3.63) is 51.8 Å². The normalized spacial score (nSPS) is 18.8. The largest absolute Gasteiger partial charge is 0.411 e. The van der Waals surface area contributed by atoms with Gasteiger partial charge in [0.15, 0.2) is 0 Å². The molecule has 21 heavy (non-hydrogen) atoms. The number of oxime groups is 1. The second kappa shape index (κ2) is 5.02. The van der Waals surface area contributed by atoms with Crippen LogP contribution >= 0.6 is 15.9 Å². The second-order valence-electron chi connectivity index (χ2n) is 6.52. The summed E-state index contributed by atoms with van der Waals surface area (Å²) in [7, 11) is 0. The van der Waals surface area contributed by atoms with E-state index in [1.807, 2.05) is 0 Å². The standard InChI is InChI=1S/C17H19BrN2O/c1-11-8-14-15(19-21)9-17(2,3)10-16(14)20(11)13-6-4-12(18)5-7-13/h4-8,21H,9-10H2,1-3H3/b19-15+. The predicted octanol–water partition coefficient (Wildman–Crippen LogP) is 4.70. The van der Waals surface area contributed by atoms with Crippen LogP contribution in [0.3, 0.4) is 0 Å². The number of fused-ring (bicyclic) bond motifs is 1. The fourth-order valence-electron chi connectivity index (χ4n) is 3.22. The highest BCUT2D eigenvalue weighted by atomic mass is 79.9. The molecule has 3 nitrogen and oxygen atoms in total. The summed E-state index contributed by atoms with van der Waals surface area (Å²) < 4.78 is 3.34. The minimum Gasteiger partial charge on any atom is -0.411 e. The molecular formula is C17H19BrN2O. The van der Waals surface area contributed by atoms with E-state index in [0.29, 0.717) is 0 Å².